The zero-order valence-corrected chi connectivity index (χ0v) is 22.4. The average Bonchev–Trinajstić information content (AvgIpc) is 3.28. The van der Waals surface area contributed by atoms with Crippen LogP contribution in [0.5, 0.6) is 0 Å². The highest BCUT2D eigenvalue weighted by Crippen LogP contribution is 2.40. The van der Waals surface area contributed by atoms with E-state index in [1.54, 1.807) is 32.0 Å². The molecule has 2 aliphatic rings. The summed E-state index contributed by atoms with van der Waals surface area (Å²) in [6.07, 6.45) is -2.07. The van der Waals surface area contributed by atoms with Crippen molar-refractivity contribution in [2.75, 3.05) is 12.3 Å². The van der Waals surface area contributed by atoms with Gasteiger partial charge in [-0.25, -0.2) is 8.42 Å². The van der Waals surface area contributed by atoms with E-state index in [-0.39, 0.29) is 29.4 Å². The second-order valence-corrected chi connectivity index (χ2v) is 12.7. The second kappa shape index (κ2) is 11.3. The van der Waals surface area contributed by atoms with Gasteiger partial charge in [-0.3, -0.25) is 14.7 Å². The molecule has 0 unspecified atom stereocenters. The lowest BCUT2D eigenvalue weighted by molar-refractivity contribution is -0.184. The standard InChI is InChI=1S/C27H34F3N3O4S/c1-3-38(36,37)23-10-6-19(7-11-23)25(17(2)34)32-26(35)20-12-21-15-33(16-24(21)31-13-20)14-18-4-8-22(9-5-18)27(28,29)30/h6-7,10-13,17-18,22,25,34H,3-5,8-9,14-16H2,1-2H3,(H,32,35)/t17-,18?,22?,25+/m1/s1. The lowest BCUT2D eigenvalue weighted by atomic mass is 9.81. The summed E-state index contributed by atoms with van der Waals surface area (Å²) < 4.78 is 63.1. The van der Waals surface area contributed by atoms with Crippen LogP contribution in [0.4, 0.5) is 13.2 Å². The quantitative estimate of drug-likeness (QED) is 0.503. The monoisotopic (exact) mass is 553 g/mol. The Kier molecular flexibility index (Phi) is 8.49. The third-order valence-corrected chi connectivity index (χ3v) is 9.41. The summed E-state index contributed by atoms with van der Waals surface area (Å²) in [7, 11) is -3.36. The molecular weight excluding hydrogens is 519 g/mol. The maximum atomic E-state index is 13.1. The summed E-state index contributed by atoms with van der Waals surface area (Å²) in [5, 5.41) is 13.1. The van der Waals surface area contributed by atoms with Crippen molar-refractivity contribution in [2.45, 2.75) is 75.8 Å². The number of nitrogens with zero attached hydrogens (tertiary/aromatic N) is 2. The Morgan fingerprint density at radius 2 is 1.82 bits per heavy atom. The van der Waals surface area contributed by atoms with Gasteiger partial charge in [0.2, 0.25) is 0 Å². The number of halogens is 3. The Morgan fingerprint density at radius 3 is 2.39 bits per heavy atom. The minimum atomic E-state index is -4.11. The lowest BCUT2D eigenvalue weighted by Crippen LogP contribution is -2.35. The predicted molar refractivity (Wildman–Crippen MR) is 136 cm³/mol. The highest BCUT2D eigenvalue weighted by molar-refractivity contribution is 7.91. The number of amides is 1. The molecule has 208 valence electrons. The maximum Gasteiger partial charge on any atom is 0.391 e. The molecule has 2 atom stereocenters. The van der Waals surface area contributed by atoms with E-state index in [1.165, 1.54) is 18.3 Å². The third-order valence-electron chi connectivity index (χ3n) is 7.66. The van der Waals surface area contributed by atoms with Crippen LogP contribution in [0.2, 0.25) is 0 Å². The largest absolute Gasteiger partial charge is 0.391 e. The van der Waals surface area contributed by atoms with E-state index in [2.05, 4.69) is 15.2 Å². The van der Waals surface area contributed by atoms with Crippen LogP contribution in [-0.2, 0) is 22.9 Å². The van der Waals surface area contributed by atoms with Crippen molar-refractivity contribution >= 4 is 15.7 Å². The van der Waals surface area contributed by atoms with Crippen molar-refractivity contribution in [2.24, 2.45) is 11.8 Å². The van der Waals surface area contributed by atoms with Gasteiger partial charge in [-0.05, 0) is 67.9 Å². The molecule has 7 nitrogen and oxygen atoms in total. The smallest absolute Gasteiger partial charge is 0.391 e. The van der Waals surface area contributed by atoms with Gasteiger partial charge in [0, 0.05) is 25.8 Å². The number of alkyl halides is 3. The minimum Gasteiger partial charge on any atom is -0.391 e. The number of hydrogen-bond donors (Lipinski definition) is 2. The fourth-order valence-corrected chi connectivity index (χ4v) is 6.26. The number of sulfone groups is 1. The van der Waals surface area contributed by atoms with Gasteiger partial charge in [0.25, 0.3) is 5.91 Å². The Labute approximate surface area is 221 Å². The Balaban J connectivity index is 1.37. The molecule has 0 saturated heterocycles. The van der Waals surface area contributed by atoms with Crippen LogP contribution in [0, 0.1) is 11.8 Å². The number of carbonyl (C=O) groups excluding carboxylic acids is 1. The molecule has 1 aliphatic carbocycles. The molecule has 2 heterocycles. The first-order valence-electron chi connectivity index (χ1n) is 13.0. The van der Waals surface area contributed by atoms with Crippen molar-refractivity contribution in [3.63, 3.8) is 0 Å². The fraction of sp³-hybridized carbons (Fsp3) is 0.556. The lowest BCUT2D eigenvalue weighted by Gasteiger charge is -2.32. The Bertz CT molecular complexity index is 1240. The van der Waals surface area contributed by atoms with Gasteiger partial charge in [-0.15, -0.1) is 0 Å². The van der Waals surface area contributed by atoms with Gasteiger partial charge in [0.05, 0.1) is 40.0 Å². The minimum absolute atomic E-state index is 0.0230. The van der Waals surface area contributed by atoms with E-state index in [9.17, 15) is 31.5 Å². The summed E-state index contributed by atoms with van der Waals surface area (Å²) >= 11 is 0. The van der Waals surface area contributed by atoms with Crippen molar-refractivity contribution < 1.29 is 31.5 Å². The van der Waals surface area contributed by atoms with Gasteiger partial charge >= 0.3 is 6.18 Å². The van der Waals surface area contributed by atoms with Gasteiger partial charge in [-0.2, -0.15) is 13.2 Å². The molecule has 2 N–H and O–H groups in total. The third kappa shape index (κ3) is 6.55. The highest BCUT2D eigenvalue weighted by atomic mass is 32.2. The summed E-state index contributed by atoms with van der Waals surface area (Å²) in [6, 6.07) is 7.13. The molecule has 4 rings (SSSR count). The number of hydrogen-bond acceptors (Lipinski definition) is 6. The first-order chi connectivity index (χ1) is 17.9. The SMILES string of the molecule is CCS(=O)(=O)c1ccc([C@@H](NC(=O)c2cnc3c(c2)CN(CC2CCC(C(F)(F)F)CC2)C3)[C@@H](C)O)cc1. The normalized spacial score (nSPS) is 22.1. The van der Waals surface area contributed by atoms with E-state index < -0.39 is 40.0 Å². The van der Waals surface area contributed by atoms with E-state index in [0.29, 0.717) is 43.6 Å². The van der Waals surface area contributed by atoms with Crippen LogP contribution >= 0.6 is 0 Å². The molecule has 1 aromatic carbocycles. The van der Waals surface area contributed by atoms with Gasteiger partial charge in [0.15, 0.2) is 9.84 Å². The van der Waals surface area contributed by atoms with Crippen molar-refractivity contribution in [1.29, 1.82) is 0 Å². The van der Waals surface area contributed by atoms with Gasteiger partial charge < -0.3 is 10.4 Å². The number of rotatable bonds is 8. The second-order valence-electron chi connectivity index (χ2n) is 10.4. The Hall–Kier alpha value is -2.50. The molecule has 1 aromatic heterocycles. The number of nitrogens with one attached hydrogen (secondary N) is 1. The molecule has 38 heavy (non-hydrogen) atoms. The number of fused-ring (bicyclic) bond motifs is 1. The first-order valence-corrected chi connectivity index (χ1v) is 14.6. The molecule has 1 saturated carbocycles. The molecule has 0 bridgehead atoms. The average molecular weight is 554 g/mol. The summed E-state index contributed by atoms with van der Waals surface area (Å²) in [5.74, 6) is -1.41. The number of aliphatic hydroxyl groups is 1. The number of carbonyl (C=O) groups is 1. The summed E-state index contributed by atoms with van der Waals surface area (Å²) in [5.41, 5.74) is 2.67. The van der Waals surface area contributed by atoms with Crippen LogP contribution in [0.15, 0.2) is 41.4 Å². The first kappa shape index (κ1) is 28.5. The molecule has 1 amide bonds. The zero-order chi connectivity index (χ0) is 27.7. The Morgan fingerprint density at radius 1 is 1.16 bits per heavy atom. The fourth-order valence-electron chi connectivity index (χ4n) is 5.37. The van der Waals surface area contributed by atoms with Crippen LogP contribution in [-0.4, -0.2) is 53.9 Å². The van der Waals surface area contributed by atoms with Gasteiger partial charge in [-0.1, -0.05) is 19.1 Å². The van der Waals surface area contributed by atoms with Crippen LogP contribution < -0.4 is 5.32 Å². The van der Waals surface area contributed by atoms with Crippen molar-refractivity contribution in [1.82, 2.24) is 15.2 Å². The molecule has 0 radical (unpaired) electrons. The van der Waals surface area contributed by atoms with Crippen LogP contribution in [0.25, 0.3) is 0 Å². The number of aromatic nitrogens is 1. The highest BCUT2D eigenvalue weighted by Gasteiger charge is 2.41. The van der Waals surface area contributed by atoms with Crippen molar-refractivity contribution in [3.05, 3.63) is 58.9 Å². The van der Waals surface area contributed by atoms with Crippen LogP contribution in [0.3, 0.4) is 0 Å². The molecule has 0 spiro atoms. The van der Waals surface area contributed by atoms with Crippen molar-refractivity contribution in [3.8, 4) is 0 Å². The van der Waals surface area contributed by atoms with E-state index in [4.69, 9.17) is 0 Å². The zero-order valence-electron chi connectivity index (χ0n) is 21.5. The van der Waals surface area contributed by atoms with Crippen LogP contribution in [0.1, 0.15) is 72.8 Å². The summed E-state index contributed by atoms with van der Waals surface area (Å²) in [6.45, 7) is 4.99. The summed E-state index contributed by atoms with van der Waals surface area (Å²) in [4.78, 5) is 19.9. The topological polar surface area (TPSA) is 99.6 Å². The van der Waals surface area contributed by atoms with E-state index >= 15 is 0 Å². The number of pyridine rings is 1. The van der Waals surface area contributed by atoms with Gasteiger partial charge in [0.1, 0.15) is 0 Å². The molecule has 11 heteroatoms. The molecule has 1 aliphatic heterocycles. The predicted octanol–water partition coefficient (Wildman–Crippen LogP) is 4.41. The molecular formula is C27H34F3N3O4S. The number of benzene rings is 1. The molecule has 2 aromatic rings. The van der Waals surface area contributed by atoms with E-state index in [1.807, 2.05) is 0 Å². The number of aliphatic hydroxyl groups excluding tert-OH is 1. The maximum absolute atomic E-state index is 13.1. The van der Waals surface area contributed by atoms with E-state index in [0.717, 1.165) is 11.3 Å². The molecule has 1 fully saturated rings.